The van der Waals surface area contributed by atoms with Gasteiger partial charge in [0, 0.05) is 21.0 Å². The normalized spacial score (nSPS) is 23.9. The molecule has 1 aromatic rings. The molecule has 2 rings (SSSR count). The summed E-state index contributed by atoms with van der Waals surface area (Å²) in [6, 6.07) is 6.26. The minimum atomic E-state index is 0.831. The number of ether oxygens (including phenoxy) is 1. The number of rotatable bonds is 4. The lowest BCUT2D eigenvalue weighted by molar-refractivity contribution is 0.394. The molecule has 1 aliphatic carbocycles. The van der Waals surface area contributed by atoms with Crippen molar-refractivity contribution in [1.29, 1.82) is 0 Å². The molecule has 1 saturated carbocycles. The Balaban J connectivity index is 1.94. The lowest BCUT2D eigenvalue weighted by Crippen LogP contribution is -2.15. The summed E-state index contributed by atoms with van der Waals surface area (Å²) in [7, 11) is 1.75. The number of hydrogen-bond donors (Lipinski definition) is 0. The molecule has 0 aliphatic heterocycles. The minimum Gasteiger partial charge on any atom is -0.496 e. The minimum absolute atomic E-state index is 0.831. The van der Waals surface area contributed by atoms with Crippen LogP contribution in [0.15, 0.2) is 22.7 Å². The molecule has 2 atom stereocenters. The maximum atomic E-state index is 5.43. The van der Waals surface area contributed by atoms with Crippen molar-refractivity contribution in [3.05, 3.63) is 28.2 Å². The molecule has 0 aromatic heterocycles. The highest BCUT2D eigenvalue weighted by molar-refractivity contribution is 9.10. The van der Waals surface area contributed by atoms with Crippen molar-refractivity contribution < 1.29 is 4.74 Å². The molecule has 18 heavy (non-hydrogen) atoms. The summed E-state index contributed by atoms with van der Waals surface area (Å²) >= 11 is 5.63. The van der Waals surface area contributed by atoms with Gasteiger partial charge in [0.15, 0.2) is 0 Å². The first-order valence-corrected chi connectivity index (χ1v) is 8.47. The molecule has 2 unspecified atom stereocenters. The molecule has 1 aliphatic rings. The molecule has 0 saturated heterocycles. The number of benzene rings is 1. The molecule has 100 valence electrons. The van der Waals surface area contributed by atoms with Crippen LogP contribution < -0.4 is 4.74 Å². The van der Waals surface area contributed by atoms with Crippen molar-refractivity contribution in [3.63, 3.8) is 0 Å². The molecule has 0 bridgehead atoms. The Bertz CT molecular complexity index is 394. The molecule has 0 N–H and O–H groups in total. The predicted molar refractivity (Wildman–Crippen MR) is 83.4 cm³/mol. The fourth-order valence-corrected chi connectivity index (χ4v) is 4.44. The zero-order valence-electron chi connectivity index (χ0n) is 11.1. The van der Waals surface area contributed by atoms with Crippen molar-refractivity contribution >= 4 is 27.7 Å². The summed E-state index contributed by atoms with van der Waals surface area (Å²) in [6.45, 7) is 2.38. The van der Waals surface area contributed by atoms with E-state index < -0.39 is 0 Å². The summed E-state index contributed by atoms with van der Waals surface area (Å²) in [6.07, 6.45) is 5.57. The van der Waals surface area contributed by atoms with Crippen LogP contribution in [0.25, 0.3) is 0 Å². The SMILES string of the molecule is COc1ccc(Br)cc1CSC1CCCC(C)C1. The third-order valence-corrected chi connectivity index (χ3v) is 5.48. The van der Waals surface area contributed by atoms with Crippen molar-refractivity contribution in [2.24, 2.45) is 5.92 Å². The Hall–Kier alpha value is -0.150. The van der Waals surface area contributed by atoms with E-state index in [0.29, 0.717) is 0 Å². The second-order valence-electron chi connectivity index (χ2n) is 5.16. The van der Waals surface area contributed by atoms with Crippen molar-refractivity contribution in [2.45, 2.75) is 43.6 Å². The topological polar surface area (TPSA) is 9.23 Å². The molecule has 0 heterocycles. The summed E-state index contributed by atoms with van der Waals surface area (Å²) in [5.74, 6) is 2.97. The molecule has 0 spiro atoms. The maximum absolute atomic E-state index is 5.43. The third kappa shape index (κ3) is 3.92. The van der Waals surface area contributed by atoms with Crippen LogP contribution >= 0.6 is 27.7 Å². The van der Waals surface area contributed by atoms with E-state index in [1.165, 1.54) is 31.2 Å². The van der Waals surface area contributed by atoms with Gasteiger partial charge in [-0.25, -0.2) is 0 Å². The molecular weight excluding hydrogens is 308 g/mol. The number of methoxy groups -OCH3 is 1. The average Bonchev–Trinajstić information content (AvgIpc) is 2.37. The number of halogens is 1. The Morgan fingerprint density at radius 1 is 1.39 bits per heavy atom. The van der Waals surface area contributed by atoms with Gasteiger partial charge < -0.3 is 4.74 Å². The van der Waals surface area contributed by atoms with Gasteiger partial charge in [0.1, 0.15) is 5.75 Å². The zero-order valence-corrected chi connectivity index (χ0v) is 13.5. The van der Waals surface area contributed by atoms with E-state index >= 15 is 0 Å². The van der Waals surface area contributed by atoms with E-state index in [1.807, 2.05) is 12.1 Å². The average molecular weight is 329 g/mol. The Morgan fingerprint density at radius 2 is 2.22 bits per heavy atom. The summed E-state index contributed by atoms with van der Waals surface area (Å²) < 4.78 is 6.56. The highest BCUT2D eigenvalue weighted by Gasteiger charge is 2.19. The summed E-state index contributed by atoms with van der Waals surface area (Å²) in [5.41, 5.74) is 1.30. The van der Waals surface area contributed by atoms with Crippen molar-refractivity contribution in [1.82, 2.24) is 0 Å². The fraction of sp³-hybridized carbons (Fsp3) is 0.600. The first-order valence-electron chi connectivity index (χ1n) is 6.63. The van der Waals surface area contributed by atoms with Crippen LogP contribution in [-0.4, -0.2) is 12.4 Å². The van der Waals surface area contributed by atoms with Gasteiger partial charge in [0.2, 0.25) is 0 Å². The Morgan fingerprint density at radius 3 is 2.94 bits per heavy atom. The van der Waals surface area contributed by atoms with E-state index in [4.69, 9.17) is 4.74 Å². The second kappa shape index (κ2) is 6.85. The van der Waals surface area contributed by atoms with E-state index in [0.717, 1.165) is 27.1 Å². The lowest BCUT2D eigenvalue weighted by Gasteiger charge is -2.26. The van der Waals surface area contributed by atoms with E-state index in [9.17, 15) is 0 Å². The smallest absolute Gasteiger partial charge is 0.122 e. The van der Waals surface area contributed by atoms with Gasteiger partial charge in [-0.3, -0.25) is 0 Å². The molecule has 1 nitrogen and oxygen atoms in total. The van der Waals surface area contributed by atoms with Crippen LogP contribution in [0.2, 0.25) is 0 Å². The number of thioether (sulfide) groups is 1. The second-order valence-corrected chi connectivity index (χ2v) is 7.37. The standard InChI is InChI=1S/C15H21BrOS/c1-11-4-3-5-14(8-11)18-10-12-9-13(16)6-7-15(12)17-2/h6-7,9,11,14H,3-5,8,10H2,1-2H3. The molecule has 1 fully saturated rings. The molecule has 0 amide bonds. The van der Waals surface area contributed by atoms with Gasteiger partial charge in [-0.1, -0.05) is 35.7 Å². The van der Waals surface area contributed by atoms with Crippen molar-refractivity contribution in [2.75, 3.05) is 7.11 Å². The fourth-order valence-electron chi connectivity index (χ4n) is 2.60. The van der Waals surface area contributed by atoms with Crippen LogP contribution in [0.1, 0.15) is 38.2 Å². The van der Waals surface area contributed by atoms with Crippen LogP contribution in [0.3, 0.4) is 0 Å². The maximum Gasteiger partial charge on any atom is 0.122 e. The zero-order chi connectivity index (χ0) is 13.0. The van der Waals surface area contributed by atoms with Crippen LogP contribution in [0.4, 0.5) is 0 Å². The van der Waals surface area contributed by atoms with Gasteiger partial charge >= 0.3 is 0 Å². The summed E-state index contributed by atoms with van der Waals surface area (Å²) in [5, 5.41) is 0.831. The monoisotopic (exact) mass is 328 g/mol. The van der Waals surface area contributed by atoms with E-state index in [1.54, 1.807) is 7.11 Å². The first kappa shape index (κ1) is 14.3. The van der Waals surface area contributed by atoms with Crippen LogP contribution in [0.5, 0.6) is 5.75 Å². The molecule has 0 radical (unpaired) electrons. The third-order valence-electron chi connectivity index (χ3n) is 3.61. The van der Waals surface area contributed by atoms with Crippen molar-refractivity contribution in [3.8, 4) is 5.75 Å². The summed E-state index contributed by atoms with van der Waals surface area (Å²) in [4.78, 5) is 0. The van der Waals surface area contributed by atoms with E-state index in [-0.39, 0.29) is 0 Å². The largest absolute Gasteiger partial charge is 0.496 e. The molecule has 3 heteroatoms. The Labute approximate surface area is 123 Å². The highest BCUT2D eigenvalue weighted by atomic mass is 79.9. The van der Waals surface area contributed by atoms with E-state index in [2.05, 4.69) is 40.7 Å². The Kier molecular flexibility index (Phi) is 5.43. The van der Waals surface area contributed by atoms with Crippen LogP contribution in [0, 0.1) is 5.92 Å². The van der Waals surface area contributed by atoms with Gasteiger partial charge in [0.25, 0.3) is 0 Å². The predicted octanol–water partition coefficient (Wildman–Crippen LogP) is 5.27. The first-order chi connectivity index (χ1) is 8.69. The van der Waals surface area contributed by atoms with Gasteiger partial charge in [-0.05, 0) is 37.0 Å². The lowest BCUT2D eigenvalue weighted by atomic mass is 9.91. The molecule has 1 aromatic carbocycles. The van der Waals surface area contributed by atoms with Gasteiger partial charge in [0.05, 0.1) is 7.11 Å². The quantitative estimate of drug-likeness (QED) is 0.744. The van der Waals surface area contributed by atoms with Gasteiger partial charge in [-0.2, -0.15) is 11.8 Å². The van der Waals surface area contributed by atoms with Crippen LogP contribution in [-0.2, 0) is 5.75 Å². The molecular formula is C15H21BrOS. The van der Waals surface area contributed by atoms with Gasteiger partial charge in [-0.15, -0.1) is 0 Å². The number of hydrogen-bond acceptors (Lipinski definition) is 2. The highest BCUT2D eigenvalue weighted by Crippen LogP contribution is 2.35.